The van der Waals surface area contributed by atoms with Crippen molar-refractivity contribution in [3.63, 3.8) is 0 Å². The van der Waals surface area contributed by atoms with Crippen LogP contribution in [0.15, 0.2) is 29.2 Å². The summed E-state index contributed by atoms with van der Waals surface area (Å²) in [7, 11) is -2.38. The fourth-order valence-electron chi connectivity index (χ4n) is 1.32. The Labute approximate surface area is 127 Å². The van der Waals surface area contributed by atoms with E-state index in [2.05, 4.69) is 14.8 Å². The predicted molar refractivity (Wildman–Crippen MR) is 76.3 cm³/mol. The number of nitrogens with one attached hydrogen (secondary N) is 2. The quantitative estimate of drug-likeness (QED) is 0.698. The second-order valence-electron chi connectivity index (χ2n) is 3.91. The molecule has 0 heterocycles. The van der Waals surface area contributed by atoms with Gasteiger partial charge in [0.2, 0.25) is 10.0 Å². The number of carbonyl (C=O) groups excluding carboxylic acids is 2. The van der Waals surface area contributed by atoms with Crippen LogP contribution in [0.2, 0.25) is 5.02 Å². The van der Waals surface area contributed by atoms with Crippen LogP contribution in [-0.2, 0) is 24.3 Å². The zero-order valence-corrected chi connectivity index (χ0v) is 12.8. The minimum absolute atomic E-state index is 0.0644. The number of hydrogen-bond donors (Lipinski definition) is 2. The molecule has 0 aliphatic carbocycles. The third-order valence-corrected chi connectivity index (χ3v) is 4.35. The molecule has 0 unspecified atom stereocenters. The first-order chi connectivity index (χ1) is 9.86. The van der Waals surface area contributed by atoms with E-state index in [1.165, 1.54) is 25.2 Å². The van der Waals surface area contributed by atoms with Crippen LogP contribution in [0.4, 0.5) is 0 Å². The average molecular weight is 335 g/mol. The Kier molecular flexibility index (Phi) is 6.60. The van der Waals surface area contributed by atoms with E-state index in [9.17, 15) is 18.0 Å². The van der Waals surface area contributed by atoms with Gasteiger partial charge in [0.25, 0.3) is 5.91 Å². The molecule has 0 atom stereocenters. The van der Waals surface area contributed by atoms with Crippen LogP contribution in [0.5, 0.6) is 0 Å². The number of esters is 1. The molecule has 1 aromatic rings. The molecule has 21 heavy (non-hydrogen) atoms. The molecule has 2 N–H and O–H groups in total. The Morgan fingerprint density at radius 1 is 1.29 bits per heavy atom. The zero-order chi connectivity index (χ0) is 15.9. The van der Waals surface area contributed by atoms with Gasteiger partial charge in [-0.3, -0.25) is 9.59 Å². The summed E-state index contributed by atoms with van der Waals surface area (Å²) in [6.07, 6.45) is -0.194. The summed E-state index contributed by atoms with van der Waals surface area (Å²) in [4.78, 5) is 22.1. The summed E-state index contributed by atoms with van der Waals surface area (Å²) in [6, 6.07) is 5.96. The van der Waals surface area contributed by atoms with Gasteiger partial charge in [0.05, 0.1) is 11.4 Å². The van der Waals surface area contributed by atoms with E-state index in [1.54, 1.807) is 6.07 Å². The average Bonchev–Trinajstić information content (AvgIpc) is 2.44. The van der Waals surface area contributed by atoms with E-state index in [1.807, 2.05) is 0 Å². The summed E-state index contributed by atoms with van der Waals surface area (Å²) in [5, 5.41) is 2.38. The van der Waals surface area contributed by atoms with Gasteiger partial charge in [0.15, 0.2) is 6.61 Å². The van der Waals surface area contributed by atoms with Gasteiger partial charge in [-0.25, -0.2) is 13.1 Å². The molecule has 0 bridgehead atoms. The fourth-order valence-corrected chi connectivity index (χ4v) is 2.87. The third-order valence-electron chi connectivity index (χ3n) is 2.39. The second-order valence-corrected chi connectivity index (χ2v) is 6.05. The van der Waals surface area contributed by atoms with Crippen LogP contribution < -0.4 is 10.0 Å². The number of amides is 1. The minimum atomic E-state index is -3.79. The maximum absolute atomic E-state index is 11.9. The number of benzene rings is 1. The minimum Gasteiger partial charge on any atom is -0.456 e. The number of likely N-dealkylation sites (N-methyl/N-ethyl adjacent to an activating group) is 1. The van der Waals surface area contributed by atoms with Crippen molar-refractivity contribution in [2.24, 2.45) is 0 Å². The molecular weight excluding hydrogens is 320 g/mol. The highest BCUT2D eigenvalue weighted by Crippen LogP contribution is 2.19. The number of halogens is 1. The SMILES string of the molecule is CNC(=O)COC(=O)CCNS(=O)(=O)c1ccccc1Cl. The zero-order valence-electron chi connectivity index (χ0n) is 11.3. The van der Waals surface area contributed by atoms with Gasteiger partial charge in [0, 0.05) is 13.6 Å². The van der Waals surface area contributed by atoms with E-state index in [0.717, 1.165) is 0 Å². The Bertz CT molecular complexity index is 618. The van der Waals surface area contributed by atoms with Gasteiger partial charge in [0.1, 0.15) is 4.90 Å². The highest BCUT2D eigenvalue weighted by atomic mass is 35.5. The van der Waals surface area contributed by atoms with E-state index in [-0.39, 0.29) is 22.9 Å². The summed E-state index contributed by atoms with van der Waals surface area (Å²) in [6.45, 7) is -0.549. The molecule has 1 rings (SSSR count). The third kappa shape index (κ3) is 5.70. The lowest BCUT2D eigenvalue weighted by Crippen LogP contribution is -2.29. The summed E-state index contributed by atoms with van der Waals surface area (Å²) >= 11 is 5.80. The lowest BCUT2D eigenvalue weighted by atomic mass is 10.4. The van der Waals surface area contributed by atoms with Gasteiger partial charge in [-0.05, 0) is 12.1 Å². The molecule has 0 saturated heterocycles. The van der Waals surface area contributed by atoms with Crippen LogP contribution in [0, 0.1) is 0 Å². The highest BCUT2D eigenvalue weighted by Gasteiger charge is 2.17. The second kappa shape index (κ2) is 7.96. The van der Waals surface area contributed by atoms with Crippen LogP contribution >= 0.6 is 11.6 Å². The molecule has 1 amide bonds. The maximum Gasteiger partial charge on any atom is 0.307 e. The molecule has 0 radical (unpaired) electrons. The summed E-state index contributed by atoms with van der Waals surface area (Å²) < 4.78 is 30.7. The maximum atomic E-state index is 11.9. The van der Waals surface area contributed by atoms with Crippen molar-refractivity contribution in [3.05, 3.63) is 29.3 Å². The van der Waals surface area contributed by atoms with Crippen molar-refractivity contribution in [2.75, 3.05) is 20.2 Å². The topological polar surface area (TPSA) is 102 Å². The number of ether oxygens (including phenoxy) is 1. The molecule has 7 nitrogen and oxygen atoms in total. The smallest absolute Gasteiger partial charge is 0.307 e. The lowest BCUT2D eigenvalue weighted by Gasteiger charge is -2.08. The molecule has 0 saturated carbocycles. The van der Waals surface area contributed by atoms with Gasteiger partial charge in [-0.1, -0.05) is 23.7 Å². The van der Waals surface area contributed by atoms with Crippen LogP contribution in [0.25, 0.3) is 0 Å². The Balaban J connectivity index is 2.47. The van der Waals surface area contributed by atoms with Gasteiger partial charge in [-0.2, -0.15) is 0 Å². The largest absolute Gasteiger partial charge is 0.456 e. The molecule has 0 spiro atoms. The first kappa shape index (κ1) is 17.4. The molecule has 0 fully saturated rings. The predicted octanol–water partition coefficient (Wildman–Crippen LogP) is 0.298. The van der Waals surface area contributed by atoms with E-state index >= 15 is 0 Å². The Morgan fingerprint density at radius 3 is 2.57 bits per heavy atom. The van der Waals surface area contributed by atoms with E-state index in [0.29, 0.717) is 0 Å². The van der Waals surface area contributed by atoms with E-state index < -0.39 is 28.5 Å². The van der Waals surface area contributed by atoms with Crippen LogP contribution in [-0.4, -0.2) is 40.5 Å². The first-order valence-electron chi connectivity index (χ1n) is 5.97. The molecule has 0 aliphatic rings. The number of sulfonamides is 1. The van der Waals surface area contributed by atoms with Crippen LogP contribution in [0.3, 0.4) is 0 Å². The Morgan fingerprint density at radius 2 is 1.95 bits per heavy atom. The summed E-state index contributed by atoms with van der Waals surface area (Å²) in [5.74, 6) is -1.12. The fraction of sp³-hybridized carbons (Fsp3) is 0.333. The van der Waals surface area contributed by atoms with E-state index in [4.69, 9.17) is 11.6 Å². The first-order valence-corrected chi connectivity index (χ1v) is 7.83. The highest BCUT2D eigenvalue weighted by molar-refractivity contribution is 7.89. The molecule has 9 heteroatoms. The lowest BCUT2D eigenvalue weighted by molar-refractivity contribution is -0.148. The standard InChI is InChI=1S/C12H15ClN2O5S/c1-14-11(16)8-20-12(17)6-7-15-21(18,19)10-5-3-2-4-9(10)13/h2-5,15H,6-8H2,1H3,(H,14,16). The Hall–Kier alpha value is -1.64. The molecule has 0 aromatic heterocycles. The van der Waals surface area contributed by atoms with Crippen molar-refractivity contribution in [1.29, 1.82) is 0 Å². The van der Waals surface area contributed by atoms with Crippen molar-refractivity contribution < 1.29 is 22.7 Å². The molecule has 116 valence electrons. The molecule has 1 aromatic carbocycles. The van der Waals surface area contributed by atoms with Crippen molar-refractivity contribution in [2.45, 2.75) is 11.3 Å². The van der Waals surface area contributed by atoms with Crippen molar-refractivity contribution in [3.8, 4) is 0 Å². The number of hydrogen-bond acceptors (Lipinski definition) is 5. The normalized spacial score (nSPS) is 11.0. The summed E-state index contributed by atoms with van der Waals surface area (Å²) in [5.41, 5.74) is 0. The van der Waals surface area contributed by atoms with Crippen molar-refractivity contribution >= 4 is 33.5 Å². The molecular formula is C12H15ClN2O5S. The van der Waals surface area contributed by atoms with Gasteiger partial charge >= 0.3 is 5.97 Å². The van der Waals surface area contributed by atoms with Gasteiger partial charge in [-0.15, -0.1) is 0 Å². The number of carbonyl (C=O) groups is 2. The molecule has 0 aliphatic heterocycles. The number of rotatable bonds is 7. The monoisotopic (exact) mass is 334 g/mol. The van der Waals surface area contributed by atoms with Crippen LogP contribution in [0.1, 0.15) is 6.42 Å². The van der Waals surface area contributed by atoms with Crippen molar-refractivity contribution in [1.82, 2.24) is 10.0 Å². The van der Waals surface area contributed by atoms with Gasteiger partial charge < -0.3 is 10.1 Å².